The molecule has 1 aromatic carbocycles. The van der Waals surface area contributed by atoms with Crippen molar-refractivity contribution in [3.05, 3.63) is 66.0 Å². The topological polar surface area (TPSA) is 62.2 Å². The summed E-state index contributed by atoms with van der Waals surface area (Å²) in [6, 6.07) is 13.0. The van der Waals surface area contributed by atoms with Gasteiger partial charge in [0.25, 0.3) is 5.91 Å². The number of hydrogen-bond donors (Lipinski definition) is 2. The van der Waals surface area contributed by atoms with Crippen LogP contribution in [0, 0.1) is 0 Å². The first-order valence-electron chi connectivity index (χ1n) is 7.59. The molecular weight excluding hydrogens is 276 g/mol. The first-order chi connectivity index (χ1) is 10.7. The predicted octanol–water partition coefficient (Wildman–Crippen LogP) is 2.64. The van der Waals surface area contributed by atoms with Crippen LogP contribution in [-0.4, -0.2) is 22.0 Å². The molecule has 0 spiro atoms. The lowest BCUT2D eigenvalue weighted by Gasteiger charge is -2.17. The minimum atomic E-state index is -1.11. The van der Waals surface area contributed by atoms with Crippen molar-refractivity contribution in [1.29, 1.82) is 0 Å². The van der Waals surface area contributed by atoms with Crippen LogP contribution in [0.5, 0.6) is 0 Å². The van der Waals surface area contributed by atoms with E-state index in [0.29, 0.717) is 5.56 Å². The third kappa shape index (κ3) is 4.97. The van der Waals surface area contributed by atoms with E-state index in [-0.39, 0.29) is 11.9 Å². The number of carbonyl (C=O) groups excluding carboxylic acids is 1. The standard InChI is InChI=1S/C18H22N2O2/c1-14(7-5-8-15-9-6-12-19-13-15)20-18(22)17(21)16-10-3-2-4-11-16/h2-4,6,9-14,17,21H,5,7-8H2,1H3,(H,20,22)/t14-,17-/m1/s1. The van der Waals surface area contributed by atoms with Crippen LogP contribution in [0.1, 0.15) is 37.0 Å². The summed E-state index contributed by atoms with van der Waals surface area (Å²) in [6.45, 7) is 1.96. The molecule has 1 amide bonds. The molecule has 4 nitrogen and oxygen atoms in total. The van der Waals surface area contributed by atoms with E-state index in [9.17, 15) is 9.90 Å². The van der Waals surface area contributed by atoms with E-state index in [4.69, 9.17) is 0 Å². The number of carbonyl (C=O) groups is 1. The van der Waals surface area contributed by atoms with Crippen LogP contribution in [0.15, 0.2) is 54.9 Å². The monoisotopic (exact) mass is 298 g/mol. The largest absolute Gasteiger partial charge is 0.378 e. The van der Waals surface area contributed by atoms with E-state index in [1.807, 2.05) is 37.4 Å². The average Bonchev–Trinajstić information content (AvgIpc) is 2.56. The Bertz CT molecular complexity index is 572. The van der Waals surface area contributed by atoms with E-state index in [1.165, 1.54) is 5.56 Å². The van der Waals surface area contributed by atoms with Gasteiger partial charge < -0.3 is 10.4 Å². The van der Waals surface area contributed by atoms with Crippen molar-refractivity contribution in [3.63, 3.8) is 0 Å². The number of nitrogens with one attached hydrogen (secondary N) is 1. The lowest BCUT2D eigenvalue weighted by Crippen LogP contribution is -2.36. The van der Waals surface area contributed by atoms with E-state index in [1.54, 1.807) is 18.3 Å². The number of aliphatic hydroxyl groups is 1. The zero-order valence-corrected chi connectivity index (χ0v) is 12.8. The van der Waals surface area contributed by atoms with Crippen LogP contribution >= 0.6 is 0 Å². The van der Waals surface area contributed by atoms with Gasteiger partial charge in [0.1, 0.15) is 0 Å². The van der Waals surface area contributed by atoms with Crippen molar-refractivity contribution < 1.29 is 9.90 Å². The van der Waals surface area contributed by atoms with Gasteiger partial charge in [0.15, 0.2) is 6.10 Å². The summed E-state index contributed by atoms with van der Waals surface area (Å²) in [4.78, 5) is 16.1. The summed E-state index contributed by atoms with van der Waals surface area (Å²) in [5.74, 6) is -0.347. The summed E-state index contributed by atoms with van der Waals surface area (Å²) in [7, 11) is 0. The van der Waals surface area contributed by atoms with Crippen molar-refractivity contribution >= 4 is 5.91 Å². The molecule has 116 valence electrons. The lowest BCUT2D eigenvalue weighted by molar-refractivity contribution is -0.130. The van der Waals surface area contributed by atoms with E-state index >= 15 is 0 Å². The van der Waals surface area contributed by atoms with Gasteiger partial charge in [-0.25, -0.2) is 0 Å². The molecule has 0 aliphatic heterocycles. The molecule has 0 aliphatic carbocycles. The van der Waals surface area contributed by atoms with Crippen molar-refractivity contribution in [2.75, 3.05) is 0 Å². The van der Waals surface area contributed by atoms with E-state index in [2.05, 4.69) is 16.4 Å². The summed E-state index contributed by atoms with van der Waals surface area (Å²) in [5.41, 5.74) is 1.81. The van der Waals surface area contributed by atoms with Crippen LogP contribution in [0.2, 0.25) is 0 Å². The zero-order valence-electron chi connectivity index (χ0n) is 12.8. The van der Waals surface area contributed by atoms with Gasteiger partial charge in [0.05, 0.1) is 0 Å². The first-order valence-corrected chi connectivity index (χ1v) is 7.59. The Hall–Kier alpha value is -2.20. The highest BCUT2D eigenvalue weighted by atomic mass is 16.3. The number of aromatic nitrogens is 1. The Labute approximate surface area is 131 Å². The third-order valence-electron chi connectivity index (χ3n) is 3.58. The van der Waals surface area contributed by atoms with Gasteiger partial charge in [-0.1, -0.05) is 36.4 Å². The zero-order chi connectivity index (χ0) is 15.8. The molecule has 0 saturated heterocycles. The fraction of sp³-hybridized carbons (Fsp3) is 0.333. The minimum absolute atomic E-state index is 0.0301. The molecule has 0 aliphatic rings. The van der Waals surface area contributed by atoms with Crippen LogP contribution < -0.4 is 5.32 Å². The van der Waals surface area contributed by atoms with Crippen molar-refractivity contribution in [1.82, 2.24) is 10.3 Å². The second-order valence-corrected chi connectivity index (χ2v) is 5.48. The third-order valence-corrected chi connectivity index (χ3v) is 3.58. The molecule has 22 heavy (non-hydrogen) atoms. The summed E-state index contributed by atoms with van der Waals surface area (Å²) >= 11 is 0. The van der Waals surface area contributed by atoms with Gasteiger partial charge in [0, 0.05) is 18.4 Å². The Kier molecular flexibility index (Phi) is 6.10. The smallest absolute Gasteiger partial charge is 0.253 e. The summed E-state index contributed by atoms with van der Waals surface area (Å²) in [6.07, 6.45) is 5.29. The van der Waals surface area contributed by atoms with Crippen molar-refractivity contribution in [2.24, 2.45) is 0 Å². The molecule has 4 heteroatoms. The highest BCUT2D eigenvalue weighted by Gasteiger charge is 2.18. The maximum absolute atomic E-state index is 12.0. The number of rotatable bonds is 7. The molecule has 2 atom stereocenters. The lowest BCUT2D eigenvalue weighted by atomic mass is 10.1. The molecular formula is C18H22N2O2. The van der Waals surface area contributed by atoms with E-state index < -0.39 is 6.10 Å². The minimum Gasteiger partial charge on any atom is -0.378 e. The first kappa shape index (κ1) is 16.2. The fourth-order valence-electron chi connectivity index (χ4n) is 2.34. The number of hydrogen-bond acceptors (Lipinski definition) is 3. The number of pyridine rings is 1. The van der Waals surface area contributed by atoms with Crippen LogP contribution in [0.4, 0.5) is 0 Å². The van der Waals surface area contributed by atoms with Gasteiger partial charge in [-0.05, 0) is 43.4 Å². The Morgan fingerprint density at radius 2 is 2.00 bits per heavy atom. The molecule has 0 bridgehead atoms. The molecule has 2 N–H and O–H groups in total. The maximum atomic E-state index is 12.0. The molecule has 0 saturated carbocycles. The molecule has 1 heterocycles. The Morgan fingerprint density at radius 3 is 2.68 bits per heavy atom. The number of amides is 1. The second kappa shape index (κ2) is 8.29. The molecule has 2 aromatic rings. The summed E-state index contributed by atoms with van der Waals surface area (Å²) in [5, 5.41) is 12.9. The van der Waals surface area contributed by atoms with Crippen molar-refractivity contribution in [2.45, 2.75) is 38.3 Å². The second-order valence-electron chi connectivity index (χ2n) is 5.48. The molecule has 0 unspecified atom stereocenters. The highest BCUT2D eigenvalue weighted by Crippen LogP contribution is 2.13. The normalized spacial score (nSPS) is 13.4. The van der Waals surface area contributed by atoms with Crippen LogP contribution in [-0.2, 0) is 11.2 Å². The predicted molar refractivity (Wildman–Crippen MR) is 86.2 cm³/mol. The summed E-state index contributed by atoms with van der Waals surface area (Å²) < 4.78 is 0. The maximum Gasteiger partial charge on any atom is 0.253 e. The van der Waals surface area contributed by atoms with Gasteiger partial charge in [-0.2, -0.15) is 0 Å². The van der Waals surface area contributed by atoms with Crippen LogP contribution in [0.3, 0.4) is 0 Å². The van der Waals surface area contributed by atoms with Crippen LogP contribution in [0.25, 0.3) is 0 Å². The highest BCUT2D eigenvalue weighted by molar-refractivity contribution is 5.82. The van der Waals surface area contributed by atoms with Crippen molar-refractivity contribution in [3.8, 4) is 0 Å². The van der Waals surface area contributed by atoms with E-state index in [0.717, 1.165) is 19.3 Å². The van der Waals surface area contributed by atoms with Gasteiger partial charge >= 0.3 is 0 Å². The Balaban J connectivity index is 1.74. The number of benzene rings is 1. The molecule has 0 fully saturated rings. The number of aliphatic hydroxyl groups excluding tert-OH is 1. The molecule has 1 aromatic heterocycles. The SMILES string of the molecule is C[C@H](CCCc1cccnc1)NC(=O)[C@H](O)c1ccccc1. The molecule has 0 radical (unpaired) electrons. The number of aryl methyl sites for hydroxylation is 1. The quantitative estimate of drug-likeness (QED) is 0.826. The number of nitrogens with zero attached hydrogens (tertiary/aromatic N) is 1. The Morgan fingerprint density at radius 1 is 1.23 bits per heavy atom. The fourth-order valence-corrected chi connectivity index (χ4v) is 2.34. The molecule has 2 rings (SSSR count). The van der Waals surface area contributed by atoms with Gasteiger partial charge in [-0.3, -0.25) is 9.78 Å². The average molecular weight is 298 g/mol. The van der Waals surface area contributed by atoms with Gasteiger partial charge in [-0.15, -0.1) is 0 Å². The van der Waals surface area contributed by atoms with Gasteiger partial charge in [0.2, 0.25) is 0 Å².